The zero-order valence-corrected chi connectivity index (χ0v) is 16.2. The standard InChI is InChI=1S/C21H15BrN4O2/c22-13-4-3-5-14(11-13)24-19-15-10-12(8-9-16(15)25-21(23)26-19)20-27-17-6-1-2-7-18(17)28-20/h1-11,20H,(H3,23,24,25,26). The van der Waals surface area contributed by atoms with Crippen molar-refractivity contribution < 1.29 is 9.47 Å². The monoisotopic (exact) mass is 434 g/mol. The normalized spacial score (nSPS) is 13.0. The number of ether oxygens (including phenoxy) is 2. The fourth-order valence-electron chi connectivity index (χ4n) is 3.14. The van der Waals surface area contributed by atoms with E-state index in [1.165, 1.54) is 0 Å². The third-order valence-corrected chi connectivity index (χ3v) is 4.91. The van der Waals surface area contributed by atoms with Crippen LogP contribution >= 0.6 is 15.9 Å². The lowest BCUT2D eigenvalue weighted by atomic mass is 10.1. The van der Waals surface area contributed by atoms with Gasteiger partial charge in [0.25, 0.3) is 6.29 Å². The van der Waals surface area contributed by atoms with Gasteiger partial charge in [-0.25, -0.2) is 4.98 Å². The maximum Gasteiger partial charge on any atom is 0.268 e. The third-order valence-electron chi connectivity index (χ3n) is 4.41. The van der Waals surface area contributed by atoms with E-state index in [4.69, 9.17) is 15.2 Å². The van der Waals surface area contributed by atoms with Crippen molar-refractivity contribution >= 4 is 44.3 Å². The van der Waals surface area contributed by atoms with Gasteiger partial charge in [-0.05, 0) is 48.5 Å². The molecule has 2 heterocycles. The van der Waals surface area contributed by atoms with Crippen LogP contribution in [0.2, 0.25) is 0 Å². The van der Waals surface area contributed by atoms with Crippen LogP contribution in [0, 0.1) is 0 Å². The van der Waals surface area contributed by atoms with E-state index in [0.29, 0.717) is 5.82 Å². The van der Waals surface area contributed by atoms with E-state index in [1.54, 1.807) is 0 Å². The molecule has 28 heavy (non-hydrogen) atoms. The number of fused-ring (bicyclic) bond motifs is 2. The maximum absolute atomic E-state index is 5.93. The van der Waals surface area contributed by atoms with Gasteiger partial charge in [0.2, 0.25) is 5.95 Å². The quantitative estimate of drug-likeness (QED) is 0.461. The molecule has 1 aliphatic rings. The molecule has 3 aromatic carbocycles. The summed E-state index contributed by atoms with van der Waals surface area (Å²) in [4.78, 5) is 8.73. The number of halogens is 1. The van der Waals surface area contributed by atoms with Crippen molar-refractivity contribution in [1.82, 2.24) is 9.97 Å². The van der Waals surface area contributed by atoms with Crippen molar-refractivity contribution in [3.63, 3.8) is 0 Å². The summed E-state index contributed by atoms with van der Waals surface area (Å²) in [6.45, 7) is 0. The van der Waals surface area contributed by atoms with Gasteiger partial charge in [-0.15, -0.1) is 0 Å². The molecule has 0 saturated carbocycles. The van der Waals surface area contributed by atoms with Crippen molar-refractivity contribution in [3.05, 3.63) is 76.8 Å². The molecule has 1 aromatic heterocycles. The smallest absolute Gasteiger partial charge is 0.268 e. The van der Waals surface area contributed by atoms with Crippen molar-refractivity contribution in [2.45, 2.75) is 6.29 Å². The number of para-hydroxylation sites is 2. The number of benzene rings is 3. The first kappa shape index (κ1) is 16.8. The minimum atomic E-state index is -0.516. The van der Waals surface area contributed by atoms with Gasteiger partial charge in [-0.1, -0.05) is 34.1 Å². The molecule has 4 aromatic rings. The number of hydrogen-bond donors (Lipinski definition) is 2. The van der Waals surface area contributed by atoms with E-state index < -0.39 is 6.29 Å². The number of nitrogen functional groups attached to an aromatic ring is 1. The first-order valence-corrected chi connectivity index (χ1v) is 9.47. The van der Waals surface area contributed by atoms with Crippen LogP contribution in [-0.2, 0) is 0 Å². The fraction of sp³-hybridized carbons (Fsp3) is 0.0476. The van der Waals surface area contributed by atoms with E-state index in [2.05, 4.69) is 31.2 Å². The molecular weight excluding hydrogens is 420 g/mol. The highest BCUT2D eigenvalue weighted by Crippen LogP contribution is 2.40. The molecule has 0 radical (unpaired) electrons. The van der Waals surface area contributed by atoms with Crippen LogP contribution in [-0.4, -0.2) is 9.97 Å². The molecular formula is C21H15BrN4O2. The van der Waals surface area contributed by atoms with Crippen molar-refractivity contribution in [3.8, 4) is 11.5 Å². The summed E-state index contributed by atoms with van der Waals surface area (Å²) < 4.78 is 12.8. The average Bonchev–Trinajstić information content (AvgIpc) is 3.12. The largest absolute Gasteiger partial charge is 0.447 e. The Labute approximate surface area is 169 Å². The molecule has 5 rings (SSSR count). The summed E-state index contributed by atoms with van der Waals surface area (Å²) in [5.41, 5.74) is 8.40. The van der Waals surface area contributed by atoms with Crippen LogP contribution in [0.3, 0.4) is 0 Å². The summed E-state index contributed by atoms with van der Waals surface area (Å²) in [7, 11) is 0. The Morgan fingerprint density at radius 1 is 0.893 bits per heavy atom. The number of aromatic nitrogens is 2. The van der Waals surface area contributed by atoms with Crippen LogP contribution in [0.5, 0.6) is 11.5 Å². The lowest BCUT2D eigenvalue weighted by molar-refractivity contribution is 0.0488. The van der Waals surface area contributed by atoms with Gasteiger partial charge < -0.3 is 20.5 Å². The van der Waals surface area contributed by atoms with Gasteiger partial charge in [0, 0.05) is 21.1 Å². The lowest BCUT2D eigenvalue weighted by Gasteiger charge is -2.14. The SMILES string of the molecule is Nc1nc(Nc2cccc(Br)c2)c2cc(C3Oc4ccccc4O3)ccc2n1. The molecule has 138 valence electrons. The van der Waals surface area contributed by atoms with Crippen molar-refractivity contribution in [2.75, 3.05) is 11.1 Å². The van der Waals surface area contributed by atoms with E-state index in [-0.39, 0.29) is 5.95 Å². The first-order valence-electron chi connectivity index (χ1n) is 8.68. The van der Waals surface area contributed by atoms with Gasteiger partial charge >= 0.3 is 0 Å². The number of hydrogen-bond acceptors (Lipinski definition) is 6. The van der Waals surface area contributed by atoms with Crippen LogP contribution < -0.4 is 20.5 Å². The second kappa shape index (κ2) is 6.69. The second-order valence-corrected chi connectivity index (χ2v) is 7.27. The summed E-state index contributed by atoms with van der Waals surface area (Å²) in [6.07, 6.45) is -0.516. The highest BCUT2D eigenvalue weighted by Gasteiger charge is 2.26. The number of nitrogens with two attached hydrogens (primary N) is 1. The number of nitrogens with one attached hydrogen (secondary N) is 1. The van der Waals surface area contributed by atoms with E-state index in [9.17, 15) is 0 Å². The lowest BCUT2D eigenvalue weighted by Crippen LogP contribution is -2.08. The summed E-state index contributed by atoms with van der Waals surface area (Å²) in [5.74, 6) is 2.29. The van der Waals surface area contributed by atoms with E-state index in [0.717, 1.165) is 38.1 Å². The predicted octanol–water partition coefficient (Wildman–Crippen LogP) is 5.19. The van der Waals surface area contributed by atoms with Crippen LogP contribution in [0.25, 0.3) is 10.9 Å². The highest BCUT2D eigenvalue weighted by atomic mass is 79.9. The number of rotatable bonds is 3. The van der Waals surface area contributed by atoms with Gasteiger partial charge in [0.15, 0.2) is 11.5 Å². The molecule has 0 saturated heterocycles. The Hall–Kier alpha value is -3.32. The predicted molar refractivity (Wildman–Crippen MR) is 112 cm³/mol. The number of nitrogens with zero attached hydrogens (tertiary/aromatic N) is 2. The molecule has 6 nitrogen and oxygen atoms in total. The summed E-state index contributed by atoms with van der Waals surface area (Å²) in [5, 5.41) is 4.15. The minimum Gasteiger partial charge on any atom is -0.447 e. The Bertz CT molecular complexity index is 1170. The molecule has 0 unspecified atom stereocenters. The Kier molecular flexibility index (Phi) is 4.02. The molecule has 0 fully saturated rings. The first-order chi connectivity index (χ1) is 13.7. The van der Waals surface area contributed by atoms with Gasteiger partial charge in [-0.2, -0.15) is 4.98 Å². The second-order valence-electron chi connectivity index (χ2n) is 6.36. The molecule has 0 bridgehead atoms. The molecule has 7 heteroatoms. The molecule has 1 aliphatic heterocycles. The van der Waals surface area contributed by atoms with Gasteiger partial charge in [0.1, 0.15) is 5.82 Å². The summed E-state index contributed by atoms with van der Waals surface area (Å²) >= 11 is 3.48. The molecule has 0 aliphatic carbocycles. The number of anilines is 3. The average molecular weight is 435 g/mol. The van der Waals surface area contributed by atoms with E-state index in [1.807, 2.05) is 66.7 Å². The van der Waals surface area contributed by atoms with E-state index >= 15 is 0 Å². The molecule has 3 N–H and O–H groups in total. The minimum absolute atomic E-state index is 0.207. The van der Waals surface area contributed by atoms with Gasteiger partial charge in [0.05, 0.1) is 5.52 Å². The molecule has 0 amide bonds. The molecule has 0 atom stereocenters. The van der Waals surface area contributed by atoms with Crippen LogP contribution in [0.15, 0.2) is 71.2 Å². The Morgan fingerprint density at radius 3 is 2.43 bits per heavy atom. The highest BCUT2D eigenvalue weighted by molar-refractivity contribution is 9.10. The summed E-state index contributed by atoms with van der Waals surface area (Å²) in [6, 6.07) is 21.2. The van der Waals surface area contributed by atoms with Crippen LogP contribution in [0.4, 0.5) is 17.5 Å². The van der Waals surface area contributed by atoms with Crippen molar-refractivity contribution in [2.24, 2.45) is 0 Å². The third kappa shape index (κ3) is 3.10. The Morgan fingerprint density at radius 2 is 1.68 bits per heavy atom. The van der Waals surface area contributed by atoms with Crippen molar-refractivity contribution in [1.29, 1.82) is 0 Å². The zero-order valence-electron chi connectivity index (χ0n) is 14.6. The van der Waals surface area contributed by atoms with Crippen LogP contribution in [0.1, 0.15) is 11.9 Å². The fourth-order valence-corrected chi connectivity index (χ4v) is 3.54. The Balaban J connectivity index is 1.54. The topological polar surface area (TPSA) is 82.3 Å². The zero-order chi connectivity index (χ0) is 19.1. The maximum atomic E-state index is 5.93. The molecule has 0 spiro atoms. The van der Waals surface area contributed by atoms with Gasteiger partial charge in [-0.3, -0.25) is 0 Å².